The number of hydrogen-bond acceptors (Lipinski definition) is 4. The van der Waals surface area contributed by atoms with Crippen molar-refractivity contribution in [2.24, 2.45) is 5.92 Å². The van der Waals surface area contributed by atoms with E-state index in [2.05, 4.69) is 9.88 Å². The lowest BCUT2D eigenvalue weighted by Crippen LogP contribution is -2.23. The monoisotopic (exact) mass is 317 g/mol. The maximum absolute atomic E-state index is 12.0. The van der Waals surface area contributed by atoms with E-state index in [1.54, 1.807) is 12.1 Å². The standard InChI is InChI=1S/C13H20ClN3O2S/c1-16(2)20(18,19)12-3-4-13(15-9-12)17-8-6-11(10-17)5-7-14/h3-4,9,11H,5-8,10H2,1-2H3. The van der Waals surface area contributed by atoms with Crippen molar-refractivity contribution in [2.75, 3.05) is 38.0 Å². The van der Waals surface area contributed by atoms with Crippen LogP contribution in [-0.4, -0.2) is 50.8 Å². The molecule has 112 valence electrons. The second-order valence-corrected chi connectivity index (χ2v) is 7.75. The minimum Gasteiger partial charge on any atom is -0.356 e. The van der Waals surface area contributed by atoms with E-state index in [9.17, 15) is 8.42 Å². The van der Waals surface area contributed by atoms with E-state index in [1.807, 2.05) is 0 Å². The maximum Gasteiger partial charge on any atom is 0.244 e. The molecule has 1 aliphatic heterocycles. The average Bonchev–Trinajstić information content (AvgIpc) is 2.88. The SMILES string of the molecule is CN(C)S(=O)(=O)c1ccc(N2CCC(CCCl)C2)nc1. The molecule has 2 heterocycles. The first kappa shape index (κ1) is 15.5. The lowest BCUT2D eigenvalue weighted by Gasteiger charge is -2.18. The first-order chi connectivity index (χ1) is 9.45. The Bertz CT molecular complexity index is 545. The molecule has 2 rings (SSSR count). The van der Waals surface area contributed by atoms with Crippen LogP contribution in [0.15, 0.2) is 23.2 Å². The third-order valence-electron chi connectivity index (χ3n) is 3.63. The van der Waals surface area contributed by atoms with E-state index in [1.165, 1.54) is 24.6 Å². The van der Waals surface area contributed by atoms with Crippen LogP contribution >= 0.6 is 11.6 Å². The summed E-state index contributed by atoms with van der Waals surface area (Å²) in [5, 5.41) is 0. The molecule has 0 bridgehead atoms. The molecule has 1 aliphatic rings. The van der Waals surface area contributed by atoms with Crippen molar-refractivity contribution >= 4 is 27.4 Å². The molecule has 1 atom stereocenters. The van der Waals surface area contributed by atoms with Crippen LogP contribution in [0.3, 0.4) is 0 Å². The van der Waals surface area contributed by atoms with Crippen LogP contribution < -0.4 is 4.90 Å². The van der Waals surface area contributed by atoms with Gasteiger partial charge in [0, 0.05) is 39.3 Å². The molecule has 7 heteroatoms. The summed E-state index contributed by atoms with van der Waals surface area (Å²) in [6, 6.07) is 3.39. The van der Waals surface area contributed by atoms with Gasteiger partial charge in [-0.2, -0.15) is 0 Å². The number of anilines is 1. The van der Waals surface area contributed by atoms with E-state index in [-0.39, 0.29) is 4.90 Å². The number of halogens is 1. The highest BCUT2D eigenvalue weighted by atomic mass is 35.5. The van der Waals surface area contributed by atoms with Crippen LogP contribution in [0.25, 0.3) is 0 Å². The molecule has 0 aliphatic carbocycles. The van der Waals surface area contributed by atoms with Crippen molar-refractivity contribution in [3.05, 3.63) is 18.3 Å². The second kappa shape index (κ2) is 6.28. The van der Waals surface area contributed by atoms with Gasteiger partial charge in [0.05, 0.1) is 0 Å². The molecule has 1 saturated heterocycles. The Kier molecular flexibility index (Phi) is 4.88. The minimum absolute atomic E-state index is 0.225. The van der Waals surface area contributed by atoms with Gasteiger partial charge in [-0.1, -0.05) is 0 Å². The fraction of sp³-hybridized carbons (Fsp3) is 0.615. The molecule has 0 saturated carbocycles. The summed E-state index contributed by atoms with van der Waals surface area (Å²) in [6.07, 6.45) is 3.57. The van der Waals surface area contributed by atoms with Gasteiger partial charge in [0.25, 0.3) is 0 Å². The van der Waals surface area contributed by atoms with Gasteiger partial charge in [0.1, 0.15) is 10.7 Å². The fourth-order valence-electron chi connectivity index (χ4n) is 2.35. The number of rotatable bonds is 5. The first-order valence-corrected chi connectivity index (χ1v) is 8.62. The molecule has 1 aromatic rings. The molecule has 0 N–H and O–H groups in total. The molecule has 1 aromatic heterocycles. The molecule has 1 fully saturated rings. The van der Waals surface area contributed by atoms with E-state index in [0.29, 0.717) is 11.8 Å². The summed E-state index contributed by atoms with van der Waals surface area (Å²) < 4.78 is 25.1. The van der Waals surface area contributed by atoms with Gasteiger partial charge in [-0.15, -0.1) is 11.6 Å². The first-order valence-electron chi connectivity index (χ1n) is 6.64. The summed E-state index contributed by atoms with van der Waals surface area (Å²) in [5.41, 5.74) is 0. The van der Waals surface area contributed by atoms with E-state index < -0.39 is 10.0 Å². The summed E-state index contributed by atoms with van der Waals surface area (Å²) in [7, 11) is -0.373. The summed E-state index contributed by atoms with van der Waals surface area (Å²) in [5.74, 6) is 2.13. The van der Waals surface area contributed by atoms with Crippen LogP contribution in [0.2, 0.25) is 0 Å². The fourth-order valence-corrected chi connectivity index (χ4v) is 3.51. The van der Waals surface area contributed by atoms with Gasteiger partial charge in [0.2, 0.25) is 10.0 Å². The summed E-state index contributed by atoms with van der Waals surface area (Å²) >= 11 is 5.77. The number of hydrogen-bond donors (Lipinski definition) is 0. The smallest absolute Gasteiger partial charge is 0.244 e. The Labute approximate surface area is 125 Å². The van der Waals surface area contributed by atoms with Crippen LogP contribution in [0.5, 0.6) is 0 Å². The molecule has 5 nitrogen and oxygen atoms in total. The van der Waals surface area contributed by atoms with Gasteiger partial charge in [-0.25, -0.2) is 17.7 Å². The zero-order valence-corrected chi connectivity index (χ0v) is 13.4. The van der Waals surface area contributed by atoms with Crippen LogP contribution in [0.4, 0.5) is 5.82 Å². The van der Waals surface area contributed by atoms with Crippen LogP contribution in [0, 0.1) is 5.92 Å². The third kappa shape index (κ3) is 3.24. The highest BCUT2D eigenvalue weighted by Gasteiger charge is 2.24. The topological polar surface area (TPSA) is 53.5 Å². The van der Waals surface area contributed by atoms with Crippen molar-refractivity contribution < 1.29 is 8.42 Å². The molecule has 20 heavy (non-hydrogen) atoms. The number of pyridine rings is 1. The predicted molar refractivity (Wildman–Crippen MR) is 80.8 cm³/mol. The van der Waals surface area contributed by atoms with Crippen LogP contribution in [-0.2, 0) is 10.0 Å². The third-order valence-corrected chi connectivity index (χ3v) is 5.64. The van der Waals surface area contributed by atoms with E-state index in [4.69, 9.17) is 11.6 Å². The number of nitrogens with zero attached hydrogens (tertiary/aromatic N) is 3. The summed E-state index contributed by atoms with van der Waals surface area (Å²) in [6.45, 7) is 1.90. The zero-order valence-electron chi connectivity index (χ0n) is 11.8. The van der Waals surface area contributed by atoms with Crippen LogP contribution in [0.1, 0.15) is 12.8 Å². The highest BCUT2D eigenvalue weighted by molar-refractivity contribution is 7.89. The van der Waals surface area contributed by atoms with Gasteiger partial charge >= 0.3 is 0 Å². The largest absolute Gasteiger partial charge is 0.356 e. The Hall–Kier alpha value is -0.850. The van der Waals surface area contributed by atoms with Crippen molar-refractivity contribution in [3.63, 3.8) is 0 Å². The molecule has 0 amide bonds. The molecule has 0 aromatic carbocycles. The molecule has 0 spiro atoms. The lowest BCUT2D eigenvalue weighted by molar-refractivity contribution is 0.520. The Balaban J connectivity index is 2.10. The van der Waals surface area contributed by atoms with Crippen molar-refractivity contribution in [3.8, 4) is 0 Å². The van der Waals surface area contributed by atoms with Gasteiger partial charge in [-0.05, 0) is 30.9 Å². The van der Waals surface area contributed by atoms with E-state index in [0.717, 1.165) is 31.7 Å². The molecule has 0 radical (unpaired) electrons. The quantitative estimate of drug-likeness (QED) is 0.777. The van der Waals surface area contributed by atoms with Gasteiger partial charge in [0.15, 0.2) is 0 Å². The summed E-state index contributed by atoms with van der Waals surface area (Å²) in [4.78, 5) is 6.70. The maximum atomic E-state index is 12.0. The Morgan fingerprint density at radius 1 is 1.45 bits per heavy atom. The minimum atomic E-state index is -3.40. The Morgan fingerprint density at radius 2 is 2.20 bits per heavy atom. The Morgan fingerprint density at radius 3 is 2.75 bits per heavy atom. The normalized spacial score (nSPS) is 19.8. The van der Waals surface area contributed by atoms with Gasteiger partial charge in [-0.3, -0.25) is 0 Å². The lowest BCUT2D eigenvalue weighted by atomic mass is 10.1. The number of alkyl halides is 1. The zero-order chi connectivity index (χ0) is 14.8. The highest BCUT2D eigenvalue weighted by Crippen LogP contribution is 2.25. The molecular weight excluding hydrogens is 298 g/mol. The average molecular weight is 318 g/mol. The van der Waals surface area contributed by atoms with Crippen molar-refractivity contribution in [1.29, 1.82) is 0 Å². The molecular formula is C13H20ClN3O2S. The number of aromatic nitrogens is 1. The van der Waals surface area contributed by atoms with E-state index >= 15 is 0 Å². The van der Waals surface area contributed by atoms with Crippen molar-refractivity contribution in [2.45, 2.75) is 17.7 Å². The second-order valence-electron chi connectivity index (χ2n) is 5.22. The van der Waals surface area contributed by atoms with Gasteiger partial charge < -0.3 is 4.90 Å². The predicted octanol–water partition coefficient (Wildman–Crippen LogP) is 1.79. The number of sulfonamides is 1. The van der Waals surface area contributed by atoms with Crippen molar-refractivity contribution in [1.82, 2.24) is 9.29 Å². The molecule has 1 unspecified atom stereocenters.